The Labute approximate surface area is 75.9 Å². The average molecular weight is 174 g/mol. The second kappa shape index (κ2) is 6.44. The summed E-state index contributed by atoms with van der Waals surface area (Å²) in [4.78, 5) is 0. The maximum Gasteiger partial charge on any atom is 0.0773 e. The second-order valence-corrected chi connectivity index (χ2v) is 4.01. The zero-order valence-corrected chi connectivity index (χ0v) is 8.71. The monoisotopic (exact) mass is 174 g/mol. The topological polar surface area (TPSA) is 29.5 Å². The van der Waals surface area contributed by atoms with Crippen LogP contribution < -0.4 is 0 Å². The Morgan fingerprint density at radius 2 is 1.67 bits per heavy atom. The molecule has 1 atom stereocenters. The van der Waals surface area contributed by atoms with Crippen LogP contribution >= 0.6 is 0 Å². The minimum absolute atomic E-state index is 0.221. The van der Waals surface area contributed by atoms with Crippen molar-refractivity contribution in [3.8, 4) is 0 Å². The van der Waals surface area contributed by atoms with Crippen LogP contribution in [0.15, 0.2) is 0 Å². The highest BCUT2D eigenvalue weighted by molar-refractivity contribution is 4.56. The third-order valence-electron chi connectivity index (χ3n) is 1.70. The van der Waals surface area contributed by atoms with E-state index in [4.69, 9.17) is 4.74 Å². The molecule has 0 aromatic heterocycles. The predicted octanol–water partition coefficient (Wildman–Crippen LogP) is 2.21. The number of aliphatic hydroxyl groups is 1. The molecule has 0 amide bonds. The van der Waals surface area contributed by atoms with Crippen LogP contribution in [0.1, 0.15) is 40.5 Å². The van der Waals surface area contributed by atoms with Gasteiger partial charge in [-0.15, -0.1) is 0 Å². The molecule has 0 saturated carbocycles. The van der Waals surface area contributed by atoms with Crippen molar-refractivity contribution in [3.63, 3.8) is 0 Å². The number of ether oxygens (including phenoxy) is 1. The summed E-state index contributed by atoms with van der Waals surface area (Å²) >= 11 is 0. The number of rotatable bonds is 6. The number of hydrogen-bond acceptors (Lipinski definition) is 2. The lowest BCUT2D eigenvalue weighted by molar-refractivity contribution is 0.000857. The van der Waals surface area contributed by atoms with Crippen molar-refractivity contribution in [3.05, 3.63) is 0 Å². The zero-order valence-electron chi connectivity index (χ0n) is 8.71. The summed E-state index contributed by atoms with van der Waals surface area (Å²) in [6, 6.07) is 0. The molecule has 0 bridgehead atoms. The maximum absolute atomic E-state index is 9.42. The fraction of sp³-hybridized carbons (Fsp3) is 1.00. The van der Waals surface area contributed by atoms with Crippen molar-refractivity contribution in [2.24, 2.45) is 5.92 Å². The van der Waals surface area contributed by atoms with Crippen molar-refractivity contribution in [1.29, 1.82) is 0 Å². The Bertz CT molecular complexity index is 88.0. The van der Waals surface area contributed by atoms with Crippen LogP contribution in [0, 0.1) is 5.92 Å². The van der Waals surface area contributed by atoms with E-state index in [1.54, 1.807) is 0 Å². The Morgan fingerprint density at radius 1 is 1.08 bits per heavy atom. The Kier molecular flexibility index (Phi) is 6.39. The molecule has 12 heavy (non-hydrogen) atoms. The first-order valence-corrected chi connectivity index (χ1v) is 4.82. The molecular weight excluding hydrogens is 152 g/mol. The van der Waals surface area contributed by atoms with Crippen LogP contribution in [0.25, 0.3) is 0 Å². The molecular formula is C10H22O2. The highest BCUT2D eigenvalue weighted by atomic mass is 16.5. The molecule has 0 aromatic rings. The molecule has 0 radical (unpaired) electrons. The molecule has 0 fully saturated rings. The molecule has 0 saturated heterocycles. The first-order valence-electron chi connectivity index (χ1n) is 4.82. The average Bonchev–Trinajstić information content (AvgIpc) is 1.96. The molecule has 1 N–H and O–H groups in total. The van der Waals surface area contributed by atoms with Gasteiger partial charge in [-0.25, -0.2) is 0 Å². The van der Waals surface area contributed by atoms with Crippen LogP contribution in [0.5, 0.6) is 0 Å². The third-order valence-corrected chi connectivity index (χ3v) is 1.70. The van der Waals surface area contributed by atoms with Gasteiger partial charge in [-0.1, -0.05) is 13.8 Å². The normalized spacial score (nSPS) is 14.2. The zero-order chi connectivity index (χ0) is 9.56. The molecule has 0 aliphatic heterocycles. The minimum atomic E-state index is -0.283. The molecule has 2 heteroatoms. The van der Waals surface area contributed by atoms with E-state index in [9.17, 15) is 5.11 Å². The van der Waals surface area contributed by atoms with E-state index >= 15 is 0 Å². The van der Waals surface area contributed by atoms with Gasteiger partial charge in [-0.05, 0) is 32.6 Å². The standard InChI is InChI=1S/C10H22O2/c1-8(2)5-6-10(11)7-12-9(3)4/h8-11H,5-7H2,1-4H3/t10-/m1/s1. The summed E-state index contributed by atoms with van der Waals surface area (Å²) in [7, 11) is 0. The quantitative estimate of drug-likeness (QED) is 0.669. The Balaban J connectivity index is 3.27. The fourth-order valence-electron chi connectivity index (χ4n) is 0.913. The summed E-state index contributed by atoms with van der Waals surface area (Å²) in [5, 5.41) is 9.42. The second-order valence-electron chi connectivity index (χ2n) is 4.01. The van der Waals surface area contributed by atoms with Gasteiger partial charge in [0.1, 0.15) is 0 Å². The molecule has 0 unspecified atom stereocenters. The summed E-state index contributed by atoms with van der Waals surface area (Å²) in [5.41, 5.74) is 0. The van der Waals surface area contributed by atoms with Gasteiger partial charge in [0.15, 0.2) is 0 Å². The van der Waals surface area contributed by atoms with Gasteiger partial charge in [0.2, 0.25) is 0 Å². The van der Waals surface area contributed by atoms with E-state index in [1.165, 1.54) is 0 Å². The van der Waals surface area contributed by atoms with Gasteiger partial charge >= 0.3 is 0 Å². The Morgan fingerprint density at radius 3 is 2.08 bits per heavy atom. The molecule has 0 aromatic carbocycles. The molecule has 2 nitrogen and oxygen atoms in total. The highest BCUT2D eigenvalue weighted by Gasteiger charge is 2.06. The lowest BCUT2D eigenvalue weighted by Crippen LogP contribution is -2.18. The van der Waals surface area contributed by atoms with E-state index in [2.05, 4.69) is 13.8 Å². The van der Waals surface area contributed by atoms with E-state index in [1.807, 2.05) is 13.8 Å². The van der Waals surface area contributed by atoms with E-state index in [-0.39, 0.29) is 12.2 Å². The van der Waals surface area contributed by atoms with Gasteiger partial charge in [-0.2, -0.15) is 0 Å². The van der Waals surface area contributed by atoms with Crippen molar-refractivity contribution >= 4 is 0 Å². The van der Waals surface area contributed by atoms with Crippen molar-refractivity contribution in [2.45, 2.75) is 52.7 Å². The van der Waals surface area contributed by atoms with E-state index < -0.39 is 0 Å². The first-order chi connectivity index (χ1) is 5.52. The molecule has 0 spiro atoms. The van der Waals surface area contributed by atoms with E-state index in [0.29, 0.717) is 12.5 Å². The van der Waals surface area contributed by atoms with Crippen LogP contribution in [0.2, 0.25) is 0 Å². The van der Waals surface area contributed by atoms with Gasteiger partial charge in [-0.3, -0.25) is 0 Å². The predicted molar refractivity (Wildman–Crippen MR) is 51.2 cm³/mol. The number of hydrogen-bond donors (Lipinski definition) is 1. The van der Waals surface area contributed by atoms with Gasteiger partial charge in [0, 0.05) is 0 Å². The molecule has 0 heterocycles. The summed E-state index contributed by atoms with van der Waals surface area (Å²) in [5.74, 6) is 0.665. The highest BCUT2D eigenvalue weighted by Crippen LogP contribution is 2.07. The largest absolute Gasteiger partial charge is 0.391 e. The van der Waals surface area contributed by atoms with Gasteiger partial charge in [0.05, 0.1) is 18.8 Å². The van der Waals surface area contributed by atoms with Crippen LogP contribution in [-0.4, -0.2) is 23.9 Å². The number of aliphatic hydroxyl groups excluding tert-OH is 1. The Hall–Kier alpha value is -0.0800. The summed E-state index contributed by atoms with van der Waals surface area (Å²) < 4.78 is 5.29. The van der Waals surface area contributed by atoms with Crippen LogP contribution in [-0.2, 0) is 4.74 Å². The lowest BCUT2D eigenvalue weighted by Gasteiger charge is -2.14. The first kappa shape index (κ1) is 11.9. The smallest absolute Gasteiger partial charge is 0.0773 e. The molecule has 0 rings (SSSR count). The van der Waals surface area contributed by atoms with Crippen LogP contribution in [0.3, 0.4) is 0 Å². The minimum Gasteiger partial charge on any atom is -0.391 e. The van der Waals surface area contributed by atoms with E-state index in [0.717, 1.165) is 12.8 Å². The van der Waals surface area contributed by atoms with Gasteiger partial charge < -0.3 is 9.84 Å². The maximum atomic E-state index is 9.42. The van der Waals surface area contributed by atoms with Crippen molar-refractivity contribution in [1.82, 2.24) is 0 Å². The van der Waals surface area contributed by atoms with Gasteiger partial charge in [0.25, 0.3) is 0 Å². The van der Waals surface area contributed by atoms with Crippen molar-refractivity contribution in [2.75, 3.05) is 6.61 Å². The summed E-state index contributed by atoms with van der Waals surface area (Å²) in [6.45, 7) is 8.76. The summed E-state index contributed by atoms with van der Waals surface area (Å²) in [6.07, 6.45) is 1.86. The SMILES string of the molecule is CC(C)CC[C@@H](O)COC(C)C. The molecule has 0 aliphatic carbocycles. The lowest BCUT2D eigenvalue weighted by atomic mass is 10.1. The fourth-order valence-corrected chi connectivity index (χ4v) is 0.913. The molecule has 0 aliphatic rings. The third kappa shape index (κ3) is 8.02. The van der Waals surface area contributed by atoms with Crippen molar-refractivity contribution < 1.29 is 9.84 Å². The van der Waals surface area contributed by atoms with Crippen LogP contribution in [0.4, 0.5) is 0 Å². The molecule has 74 valence electrons.